The van der Waals surface area contributed by atoms with E-state index in [1.165, 1.54) is 0 Å². The average Bonchev–Trinajstić information content (AvgIpc) is 3.36. The molecule has 3 heterocycles. The van der Waals surface area contributed by atoms with Gasteiger partial charge < -0.3 is 9.47 Å². The van der Waals surface area contributed by atoms with Crippen molar-refractivity contribution in [1.29, 1.82) is 0 Å². The standard InChI is InChI=1S/C12H21NO2.C10H16N2O/c1-11(2)6-10(12(3,4)13(11)5)15-8-9-7-14-9;1-9(2)6-8(11-7-13)10(3,4)12(9)5/h6,9H,7-8H2,1-5H3;6H,1-5H3. The molecule has 0 bridgehead atoms. The fourth-order valence-corrected chi connectivity index (χ4v) is 3.76. The van der Waals surface area contributed by atoms with Crippen LogP contribution < -0.4 is 0 Å². The van der Waals surface area contributed by atoms with Gasteiger partial charge in [0.1, 0.15) is 18.5 Å². The lowest BCUT2D eigenvalue weighted by molar-refractivity contribution is 0.0738. The summed E-state index contributed by atoms with van der Waals surface area (Å²) in [6, 6.07) is 0. The average molecular weight is 392 g/mol. The molecule has 6 nitrogen and oxygen atoms in total. The molecule has 3 aliphatic rings. The molecule has 0 aromatic rings. The molecule has 3 aliphatic heterocycles. The minimum absolute atomic E-state index is 0.0155. The highest BCUT2D eigenvalue weighted by Crippen LogP contribution is 2.39. The largest absolute Gasteiger partial charge is 0.493 e. The molecule has 3 rings (SSSR count). The van der Waals surface area contributed by atoms with Crippen molar-refractivity contribution in [2.75, 3.05) is 27.3 Å². The number of hydrogen-bond acceptors (Lipinski definition) is 6. The zero-order valence-corrected chi connectivity index (χ0v) is 19.2. The summed E-state index contributed by atoms with van der Waals surface area (Å²) in [6.45, 7) is 18.7. The van der Waals surface area contributed by atoms with Gasteiger partial charge in [-0.2, -0.15) is 4.99 Å². The molecule has 0 aromatic heterocycles. The number of aliphatic imine (C=N–C) groups is 1. The topological polar surface area (TPSA) is 57.7 Å². The number of likely N-dealkylation sites (N-methyl/N-ethyl adjacent to an activating group) is 2. The first kappa shape index (κ1) is 22.8. The van der Waals surface area contributed by atoms with Crippen molar-refractivity contribution in [2.24, 2.45) is 4.99 Å². The molecule has 6 heteroatoms. The number of rotatable bonds is 4. The SMILES string of the molecule is CN1C(C)(C)C=C(N=C=O)C1(C)C.CN1C(C)(C)C=C(OCC2CO2)C1(C)C. The van der Waals surface area contributed by atoms with Crippen LogP contribution in [0.1, 0.15) is 55.4 Å². The predicted molar refractivity (Wildman–Crippen MR) is 112 cm³/mol. The molecule has 1 unspecified atom stereocenters. The molecule has 1 atom stereocenters. The highest BCUT2D eigenvalue weighted by molar-refractivity contribution is 5.42. The van der Waals surface area contributed by atoms with Crippen LogP contribution in [0.5, 0.6) is 0 Å². The maximum Gasteiger partial charge on any atom is 0.240 e. The van der Waals surface area contributed by atoms with Crippen LogP contribution in [0.15, 0.2) is 28.6 Å². The summed E-state index contributed by atoms with van der Waals surface area (Å²) in [4.78, 5) is 18.5. The number of epoxide rings is 1. The smallest absolute Gasteiger partial charge is 0.240 e. The van der Waals surface area contributed by atoms with Gasteiger partial charge in [0.05, 0.1) is 23.4 Å². The van der Waals surface area contributed by atoms with Crippen LogP contribution in [0.3, 0.4) is 0 Å². The van der Waals surface area contributed by atoms with Crippen molar-refractivity contribution in [3.63, 3.8) is 0 Å². The lowest BCUT2D eigenvalue weighted by atomic mass is 10.0. The van der Waals surface area contributed by atoms with E-state index in [4.69, 9.17) is 9.47 Å². The summed E-state index contributed by atoms with van der Waals surface area (Å²) < 4.78 is 11.0. The maximum atomic E-state index is 10.2. The fourth-order valence-electron chi connectivity index (χ4n) is 3.76. The van der Waals surface area contributed by atoms with Gasteiger partial charge in [-0.1, -0.05) is 0 Å². The Kier molecular flexibility index (Phi) is 6.05. The van der Waals surface area contributed by atoms with Gasteiger partial charge in [0.2, 0.25) is 6.08 Å². The normalized spacial score (nSPS) is 29.1. The van der Waals surface area contributed by atoms with Crippen molar-refractivity contribution in [3.05, 3.63) is 23.6 Å². The second-order valence-corrected chi connectivity index (χ2v) is 10.1. The monoisotopic (exact) mass is 391 g/mol. The summed E-state index contributed by atoms with van der Waals surface area (Å²) in [5.41, 5.74) is 0.636. The summed E-state index contributed by atoms with van der Waals surface area (Å²) in [6.07, 6.45) is 6.16. The van der Waals surface area contributed by atoms with Crippen molar-refractivity contribution >= 4 is 6.08 Å². The fraction of sp³-hybridized carbons (Fsp3) is 0.773. The Morgan fingerprint density at radius 3 is 1.89 bits per heavy atom. The van der Waals surface area contributed by atoms with Gasteiger partial charge in [0.25, 0.3) is 0 Å². The quantitative estimate of drug-likeness (QED) is 0.417. The number of hydrogen-bond donors (Lipinski definition) is 0. The van der Waals surface area contributed by atoms with E-state index in [1.807, 2.05) is 13.1 Å². The second-order valence-electron chi connectivity index (χ2n) is 10.1. The van der Waals surface area contributed by atoms with Crippen molar-refractivity contribution < 1.29 is 14.3 Å². The molecule has 1 fully saturated rings. The Morgan fingerprint density at radius 2 is 1.54 bits per heavy atom. The zero-order valence-electron chi connectivity index (χ0n) is 19.2. The Morgan fingerprint density at radius 1 is 1.04 bits per heavy atom. The first-order valence-corrected chi connectivity index (χ1v) is 9.93. The van der Waals surface area contributed by atoms with Crippen LogP contribution in [0.25, 0.3) is 0 Å². The minimum Gasteiger partial charge on any atom is -0.493 e. The molecule has 0 amide bonds. The van der Waals surface area contributed by atoms with Gasteiger partial charge >= 0.3 is 0 Å². The molecular formula is C22H37N3O3. The van der Waals surface area contributed by atoms with E-state index < -0.39 is 0 Å². The van der Waals surface area contributed by atoms with Gasteiger partial charge in [-0.15, -0.1) is 0 Å². The summed E-state index contributed by atoms with van der Waals surface area (Å²) in [7, 11) is 4.17. The van der Waals surface area contributed by atoms with E-state index in [0.29, 0.717) is 12.7 Å². The number of nitrogens with zero attached hydrogens (tertiary/aromatic N) is 3. The predicted octanol–water partition coefficient (Wildman–Crippen LogP) is 3.50. The number of ether oxygens (including phenoxy) is 2. The maximum absolute atomic E-state index is 10.2. The third-order valence-corrected chi connectivity index (χ3v) is 6.60. The van der Waals surface area contributed by atoms with E-state index in [1.54, 1.807) is 6.08 Å². The molecule has 28 heavy (non-hydrogen) atoms. The third kappa shape index (κ3) is 4.41. The minimum atomic E-state index is -0.180. The van der Waals surface area contributed by atoms with E-state index in [9.17, 15) is 4.79 Å². The van der Waals surface area contributed by atoms with E-state index >= 15 is 0 Å². The highest BCUT2D eigenvalue weighted by atomic mass is 16.6. The molecule has 0 aromatic carbocycles. The molecule has 1 saturated heterocycles. The van der Waals surface area contributed by atoms with E-state index in [-0.39, 0.29) is 22.2 Å². The van der Waals surface area contributed by atoms with Crippen molar-refractivity contribution in [1.82, 2.24) is 9.80 Å². The first-order valence-electron chi connectivity index (χ1n) is 9.93. The number of carbonyl (C=O) groups excluding carboxylic acids is 1. The molecule has 0 aliphatic carbocycles. The molecule has 0 spiro atoms. The van der Waals surface area contributed by atoms with Gasteiger partial charge in [0.15, 0.2) is 0 Å². The molecular weight excluding hydrogens is 354 g/mol. The van der Waals surface area contributed by atoms with Crippen LogP contribution >= 0.6 is 0 Å². The van der Waals surface area contributed by atoms with Crippen LogP contribution in [-0.4, -0.2) is 71.4 Å². The van der Waals surface area contributed by atoms with Crippen molar-refractivity contribution in [2.45, 2.75) is 83.6 Å². The van der Waals surface area contributed by atoms with Gasteiger partial charge in [-0.3, -0.25) is 9.80 Å². The Hall–Kier alpha value is -1.46. The van der Waals surface area contributed by atoms with Crippen LogP contribution in [0, 0.1) is 0 Å². The summed E-state index contributed by atoms with van der Waals surface area (Å²) in [5, 5.41) is 0. The van der Waals surface area contributed by atoms with Gasteiger partial charge in [-0.25, -0.2) is 4.79 Å². The Balaban J connectivity index is 0.000000203. The zero-order chi connectivity index (χ0) is 21.5. The highest BCUT2D eigenvalue weighted by Gasteiger charge is 2.45. The van der Waals surface area contributed by atoms with E-state index in [2.05, 4.69) is 83.3 Å². The Bertz CT molecular complexity index is 709. The Labute approximate surface area is 170 Å². The van der Waals surface area contributed by atoms with E-state index in [0.717, 1.165) is 18.1 Å². The van der Waals surface area contributed by atoms with Gasteiger partial charge in [0, 0.05) is 11.1 Å². The first-order chi connectivity index (χ1) is 12.7. The summed E-state index contributed by atoms with van der Waals surface area (Å²) in [5.74, 6) is 1.07. The second kappa shape index (κ2) is 7.42. The summed E-state index contributed by atoms with van der Waals surface area (Å²) >= 11 is 0. The lowest BCUT2D eigenvalue weighted by Crippen LogP contribution is -2.47. The van der Waals surface area contributed by atoms with Crippen LogP contribution in [0.4, 0.5) is 0 Å². The van der Waals surface area contributed by atoms with Crippen LogP contribution in [0.2, 0.25) is 0 Å². The molecule has 0 N–H and O–H groups in total. The molecule has 158 valence electrons. The lowest BCUT2D eigenvalue weighted by Gasteiger charge is -2.37. The number of isocyanates is 1. The van der Waals surface area contributed by atoms with Crippen molar-refractivity contribution in [3.8, 4) is 0 Å². The van der Waals surface area contributed by atoms with Gasteiger partial charge in [-0.05, 0) is 81.6 Å². The molecule has 0 radical (unpaired) electrons. The van der Waals surface area contributed by atoms with Crippen LogP contribution in [-0.2, 0) is 14.3 Å². The molecule has 0 saturated carbocycles. The third-order valence-electron chi connectivity index (χ3n) is 6.60.